The zero-order chi connectivity index (χ0) is 10.8. The molecule has 0 aliphatic carbocycles. The lowest BCUT2D eigenvalue weighted by atomic mass is 9.81. The number of hydrogen-bond acceptors (Lipinski definition) is 2. The highest BCUT2D eigenvalue weighted by Crippen LogP contribution is 2.32. The van der Waals surface area contributed by atoms with Gasteiger partial charge in [-0.05, 0) is 31.0 Å². The Kier molecular flexibility index (Phi) is 3.03. The SMILES string of the molecule is CCC(C)(C#N)c1ccc(Cl)cc1N. The van der Waals surface area contributed by atoms with Gasteiger partial charge in [0.25, 0.3) is 0 Å². The van der Waals surface area contributed by atoms with E-state index in [4.69, 9.17) is 22.6 Å². The summed E-state index contributed by atoms with van der Waals surface area (Å²) in [5.41, 5.74) is 6.74. The Morgan fingerprint density at radius 2 is 2.21 bits per heavy atom. The summed E-state index contributed by atoms with van der Waals surface area (Å²) < 4.78 is 0. The van der Waals surface area contributed by atoms with Gasteiger partial charge in [0.2, 0.25) is 0 Å². The zero-order valence-electron chi connectivity index (χ0n) is 8.34. The van der Waals surface area contributed by atoms with E-state index < -0.39 is 5.41 Å². The summed E-state index contributed by atoms with van der Waals surface area (Å²) in [6.07, 6.45) is 0.731. The molecule has 1 unspecified atom stereocenters. The van der Waals surface area contributed by atoms with Crippen molar-refractivity contribution in [2.75, 3.05) is 5.73 Å². The highest BCUT2D eigenvalue weighted by molar-refractivity contribution is 6.30. The Labute approximate surface area is 89.3 Å². The molecule has 0 radical (unpaired) electrons. The molecule has 1 aromatic carbocycles. The van der Waals surface area contributed by atoms with Gasteiger partial charge in [0.1, 0.15) is 0 Å². The summed E-state index contributed by atoms with van der Waals surface area (Å²) in [7, 11) is 0. The summed E-state index contributed by atoms with van der Waals surface area (Å²) in [6.45, 7) is 3.85. The summed E-state index contributed by atoms with van der Waals surface area (Å²) >= 11 is 5.79. The molecule has 0 bridgehead atoms. The average molecular weight is 209 g/mol. The van der Waals surface area contributed by atoms with Gasteiger partial charge >= 0.3 is 0 Å². The van der Waals surface area contributed by atoms with E-state index in [0.29, 0.717) is 10.7 Å². The van der Waals surface area contributed by atoms with Crippen molar-refractivity contribution in [3.05, 3.63) is 28.8 Å². The first-order valence-corrected chi connectivity index (χ1v) is 4.88. The molecule has 1 atom stereocenters. The van der Waals surface area contributed by atoms with Crippen molar-refractivity contribution < 1.29 is 0 Å². The molecular weight excluding hydrogens is 196 g/mol. The summed E-state index contributed by atoms with van der Waals surface area (Å²) in [5.74, 6) is 0. The highest BCUT2D eigenvalue weighted by Gasteiger charge is 2.26. The van der Waals surface area contributed by atoms with E-state index in [2.05, 4.69) is 6.07 Å². The molecule has 14 heavy (non-hydrogen) atoms. The molecular formula is C11H13ClN2. The van der Waals surface area contributed by atoms with Gasteiger partial charge in [-0.3, -0.25) is 0 Å². The predicted molar refractivity (Wildman–Crippen MR) is 59.1 cm³/mol. The Hall–Kier alpha value is -1.20. The molecule has 1 rings (SSSR count). The minimum Gasteiger partial charge on any atom is -0.398 e. The number of benzene rings is 1. The van der Waals surface area contributed by atoms with Gasteiger partial charge in [-0.2, -0.15) is 5.26 Å². The van der Waals surface area contributed by atoms with Crippen LogP contribution >= 0.6 is 11.6 Å². The van der Waals surface area contributed by atoms with Gasteiger partial charge in [-0.25, -0.2) is 0 Å². The van der Waals surface area contributed by atoms with Crippen LogP contribution in [-0.4, -0.2) is 0 Å². The van der Waals surface area contributed by atoms with E-state index in [1.807, 2.05) is 19.9 Å². The Bertz CT molecular complexity index is 381. The van der Waals surface area contributed by atoms with Crippen LogP contribution in [0.5, 0.6) is 0 Å². The zero-order valence-corrected chi connectivity index (χ0v) is 9.10. The smallest absolute Gasteiger partial charge is 0.0811 e. The van der Waals surface area contributed by atoms with Crippen LogP contribution in [0.15, 0.2) is 18.2 Å². The van der Waals surface area contributed by atoms with E-state index in [9.17, 15) is 0 Å². The van der Waals surface area contributed by atoms with Crippen LogP contribution in [0.25, 0.3) is 0 Å². The van der Waals surface area contributed by atoms with Gasteiger partial charge < -0.3 is 5.73 Å². The van der Waals surface area contributed by atoms with Gasteiger partial charge in [0.05, 0.1) is 11.5 Å². The van der Waals surface area contributed by atoms with Crippen LogP contribution in [0.3, 0.4) is 0 Å². The number of rotatable bonds is 2. The standard InChI is InChI=1S/C11H13ClN2/c1-3-11(2,7-13)9-5-4-8(12)6-10(9)14/h4-6H,3,14H2,1-2H3. The van der Waals surface area contributed by atoms with Crippen molar-refractivity contribution in [2.45, 2.75) is 25.7 Å². The third kappa shape index (κ3) is 1.83. The molecule has 0 aromatic heterocycles. The van der Waals surface area contributed by atoms with Crippen molar-refractivity contribution in [1.29, 1.82) is 5.26 Å². The number of nitrogens with zero attached hydrogens (tertiary/aromatic N) is 1. The molecule has 0 spiro atoms. The number of anilines is 1. The maximum absolute atomic E-state index is 9.09. The van der Waals surface area contributed by atoms with Gasteiger partial charge in [0, 0.05) is 10.7 Å². The third-order valence-electron chi connectivity index (χ3n) is 2.56. The molecule has 0 fully saturated rings. The summed E-state index contributed by atoms with van der Waals surface area (Å²) in [5, 5.41) is 9.69. The van der Waals surface area contributed by atoms with Crippen molar-refractivity contribution in [3.8, 4) is 6.07 Å². The maximum atomic E-state index is 9.09. The first kappa shape index (κ1) is 10.9. The lowest BCUT2D eigenvalue weighted by Crippen LogP contribution is -2.19. The van der Waals surface area contributed by atoms with Crippen molar-refractivity contribution in [2.24, 2.45) is 0 Å². The van der Waals surface area contributed by atoms with Crippen LogP contribution in [0.1, 0.15) is 25.8 Å². The first-order valence-electron chi connectivity index (χ1n) is 4.50. The van der Waals surface area contributed by atoms with Crippen LogP contribution in [0.2, 0.25) is 5.02 Å². The molecule has 1 aromatic rings. The molecule has 0 saturated carbocycles. The molecule has 0 heterocycles. The number of nitriles is 1. The normalized spacial score (nSPS) is 14.4. The lowest BCUT2D eigenvalue weighted by molar-refractivity contribution is 0.589. The van der Waals surface area contributed by atoms with Crippen LogP contribution < -0.4 is 5.73 Å². The quantitative estimate of drug-likeness (QED) is 0.760. The van der Waals surface area contributed by atoms with E-state index in [1.165, 1.54) is 0 Å². The van der Waals surface area contributed by atoms with Crippen molar-refractivity contribution >= 4 is 17.3 Å². The molecule has 0 aliphatic heterocycles. The molecule has 0 amide bonds. The Balaban J connectivity index is 3.26. The minimum atomic E-state index is -0.519. The second-order valence-electron chi connectivity index (χ2n) is 3.53. The molecule has 0 saturated heterocycles. The topological polar surface area (TPSA) is 49.8 Å². The summed E-state index contributed by atoms with van der Waals surface area (Å²) in [6, 6.07) is 7.55. The summed E-state index contributed by atoms with van der Waals surface area (Å²) in [4.78, 5) is 0. The lowest BCUT2D eigenvalue weighted by Gasteiger charge is -2.21. The highest BCUT2D eigenvalue weighted by atomic mass is 35.5. The van der Waals surface area contributed by atoms with E-state index in [-0.39, 0.29) is 0 Å². The molecule has 3 heteroatoms. The number of halogens is 1. The van der Waals surface area contributed by atoms with Crippen molar-refractivity contribution in [3.63, 3.8) is 0 Å². The monoisotopic (exact) mass is 208 g/mol. The molecule has 0 aliphatic rings. The van der Waals surface area contributed by atoms with Gasteiger partial charge in [0.15, 0.2) is 0 Å². The fourth-order valence-corrected chi connectivity index (χ4v) is 1.55. The molecule has 2 nitrogen and oxygen atoms in total. The first-order chi connectivity index (χ1) is 6.53. The van der Waals surface area contributed by atoms with Gasteiger partial charge in [-0.1, -0.05) is 24.6 Å². The van der Waals surface area contributed by atoms with Crippen LogP contribution in [0.4, 0.5) is 5.69 Å². The van der Waals surface area contributed by atoms with Crippen LogP contribution in [0, 0.1) is 11.3 Å². The third-order valence-corrected chi connectivity index (χ3v) is 2.80. The van der Waals surface area contributed by atoms with Crippen molar-refractivity contribution in [1.82, 2.24) is 0 Å². The van der Waals surface area contributed by atoms with Crippen LogP contribution in [-0.2, 0) is 5.41 Å². The Morgan fingerprint density at radius 1 is 1.57 bits per heavy atom. The number of nitrogen functional groups attached to an aromatic ring is 1. The maximum Gasteiger partial charge on any atom is 0.0811 e. The van der Waals surface area contributed by atoms with Gasteiger partial charge in [-0.15, -0.1) is 0 Å². The Morgan fingerprint density at radius 3 is 2.64 bits per heavy atom. The predicted octanol–water partition coefficient (Wildman–Crippen LogP) is 3.11. The number of nitrogens with two attached hydrogens (primary N) is 1. The molecule has 74 valence electrons. The molecule has 2 N–H and O–H groups in total. The van der Waals surface area contributed by atoms with E-state index in [0.717, 1.165) is 12.0 Å². The number of hydrogen-bond donors (Lipinski definition) is 1. The van der Waals surface area contributed by atoms with E-state index in [1.54, 1.807) is 12.1 Å². The minimum absolute atomic E-state index is 0.519. The fourth-order valence-electron chi connectivity index (χ4n) is 1.37. The second-order valence-corrected chi connectivity index (χ2v) is 3.97. The average Bonchev–Trinajstić information content (AvgIpc) is 2.17. The largest absolute Gasteiger partial charge is 0.398 e. The van der Waals surface area contributed by atoms with E-state index >= 15 is 0 Å². The second kappa shape index (κ2) is 3.89. The fraction of sp³-hybridized carbons (Fsp3) is 0.364.